The van der Waals surface area contributed by atoms with E-state index in [1.54, 1.807) is 51.1 Å². The van der Waals surface area contributed by atoms with Gasteiger partial charge in [-0.05, 0) is 51.5 Å². The fourth-order valence-electron chi connectivity index (χ4n) is 2.63. The third-order valence-corrected chi connectivity index (χ3v) is 3.95. The lowest BCUT2D eigenvalue weighted by Crippen LogP contribution is -2.34. The van der Waals surface area contributed by atoms with Crippen LogP contribution < -0.4 is 16.0 Å². The van der Waals surface area contributed by atoms with E-state index in [1.165, 1.54) is 6.08 Å². The average molecular weight is 424 g/mol. The highest BCUT2D eigenvalue weighted by atomic mass is 16.6. The number of amides is 3. The first-order chi connectivity index (χ1) is 14.6. The first-order valence-corrected chi connectivity index (χ1v) is 10.0. The van der Waals surface area contributed by atoms with Gasteiger partial charge in [0.1, 0.15) is 5.60 Å². The average Bonchev–Trinajstić information content (AvgIpc) is 2.66. The molecule has 7 heteroatoms. The van der Waals surface area contributed by atoms with Crippen LogP contribution in [0.4, 0.5) is 16.2 Å². The van der Waals surface area contributed by atoms with E-state index in [0.717, 1.165) is 11.1 Å². The molecule has 0 aliphatic heterocycles. The summed E-state index contributed by atoms with van der Waals surface area (Å²) in [6.45, 7) is 7.41. The van der Waals surface area contributed by atoms with Crippen LogP contribution in [0.15, 0.2) is 54.6 Å². The highest BCUT2D eigenvalue weighted by Gasteiger charge is 2.16. The van der Waals surface area contributed by atoms with Crippen molar-refractivity contribution in [1.29, 1.82) is 0 Å². The summed E-state index contributed by atoms with van der Waals surface area (Å²) in [7, 11) is 0. The molecular formula is C24H29N3O4. The summed E-state index contributed by atoms with van der Waals surface area (Å²) >= 11 is 0. The standard InChI is InChI=1S/C24H29N3O4/c1-17-8-7-9-18(16-17)12-13-21(28)26-19-10-5-6-11-20(19)27-22(29)14-15-25-23(30)31-24(2,3)4/h5-13,16H,14-15H2,1-4H3,(H,25,30)(H,26,28)(H,27,29)/b13-12+. The van der Waals surface area contributed by atoms with Gasteiger partial charge in [0.05, 0.1) is 11.4 Å². The quantitative estimate of drug-likeness (QED) is 0.571. The topological polar surface area (TPSA) is 96.5 Å². The molecule has 164 valence electrons. The van der Waals surface area contributed by atoms with E-state index in [0.29, 0.717) is 11.4 Å². The Kier molecular flexibility index (Phi) is 8.37. The van der Waals surface area contributed by atoms with Crippen LogP contribution in [0.5, 0.6) is 0 Å². The van der Waals surface area contributed by atoms with Crippen molar-refractivity contribution in [3.05, 3.63) is 65.7 Å². The van der Waals surface area contributed by atoms with E-state index in [2.05, 4.69) is 16.0 Å². The van der Waals surface area contributed by atoms with Gasteiger partial charge in [-0.15, -0.1) is 0 Å². The summed E-state index contributed by atoms with van der Waals surface area (Å²) in [6, 6.07) is 14.7. The Hall–Kier alpha value is -3.61. The lowest BCUT2D eigenvalue weighted by atomic mass is 10.1. The molecule has 0 atom stereocenters. The Morgan fingerprint density at radius 2 is 1.65 bits per heavy atom. The number of hydrogen-bond acceptors (Lipinski definition) is 4. The zero-order chi connectivity index (χ0) is 22.9. The number of benzene rings is 2. The van der Waals surface area contributed by atoms with Gasteiger partial charge in [-0.1, -0.05) is 42.0 Å². The third kappa shape index (κ3) is 9.16. The first kappa shape index (κ1) is 23.7. The van der Waals surface area contributed by atoms with Gasteiger partial charge in [0.25, 0.3) is 0 Å². The molecule has 0 heterocycles. The monoisotopic (exact) mass is 423 g/mol. The van der Waals surface area contributed by atoms with Crippen molar-refractivity contribution in [2.24, 2.45) is 0 Å². The van der Waals surface area contributed by atoms with Gasteiger partial charge in [-0.3, -0.25) is 9.59 Å². The summed E-state index contributed by atoms with van der Waals surface area (Å²) in [5.74, 6) is -0.608. The minimum Gasteiger partial charge on any atom is -0.444 e. The molecule has 0 unspecified atom stereocenters. The zero-order valence-electron chi connectivity index (χ0n) is 18.3. The highest BCUT2D eigenvalue weighted by molar-refractivity contribution is 6.05. The fraction of sp³-hybridized carbons (Fsp3) is 0.292. The molecule has 2 aromatic carbocycles. The Labute approximate surface area is 182 Å². The molecule has 0 spiro atoms. The number of carbonyl (C=O) groups is 3. The van der Waals surface area contributed by atoms with Gasteiger partial charge in [0.2, 0.25) is 11.8 Å². The normalized spacial score (nSPS) is 11.1. The van der Waals surface area contributed by atoms with Gasteiger partial charge in [-0.2, -0.15) is 0 Å². The van der Waals surface area contributed by atoms with Crippen molar-refractivity contribution in [2.45, 2.75) is 39.7 Å². The molecule has 7 nitrogen and oxygen atoms in total. The predicted molar refractivity (Wildman–Crippen MR) is 123 cm³/mol. The Morgan fingerprint density at radius 3 is 2.29 bits per heavy atom. The second-order valence-corrected chi connectivity index (χ2v) is 8.01. The van der Waals surface area contributed by atoms with Gasteiger partial charge in [0.15, 0.2) is 0 Å². The van der Waals surface area contributed by atoms with E-state index in [-0.39, 0.29) is 24.8 Å². The Balaban J connectivity index is 1.89. The molecule has 3 N–H and O–H groups in total. The second kappa shape index (κ2) is 11.0. The smallest absolute Gasteiger partial charge is 0.407 e. The molecule has 31 heavy (non-hydrogen) atoms. The van der Waals surface area contributed by atoms with Crippen LogP contribution >= 0.6 is 0 Å². The number of carbonyl (C=O) groups excluding carboxylic acids is 3. The molecule has 2 aromatic rings. The molecule has 0 aromatic heterocycles. The number of nitrogens with one attached hydrogen (secondary N) is 3. The summed E-state index contributed by atoms with van der Waals surface area (Å²) < 4.78 is 5.13. The largest absolute Gasteiger partial charge is 0.444 e. The van der Waals surface area contributed by atoms with E-state index in [9.17, 15) is 14.4 Å². The van der Waals surface area contributed by atoms with Gasteiger partial charge >= 0.3 is 6.09 Å². The van der Waals surface area contributed by atoms with Crippen molar-refractivity contribution < 1.29 is 19.1 Å². The van der Waals surface area contributed by atoms with Crippen molar-refractivity contribution in [3.63, 3.8) is 0 Å². The molecule has 0 bridgehead atoms. The van der Waals surface area contributed by atoms with E-state index in [4.69, 9.17) is 4.74 Å². The van der Waals surface area contributed by atoms with Crippen LogP contribution in [0.3, 0.4) is 0 Å². The van der Waals surface area contributed by atoms with Crippen LogP contribution in [0.1, 0.15) is 38.3 Å². The number of alkyl carbamates (subject to hydrolysis) is 1. The molecule has 0 saturated heterocycles. The maximum absolute atomic E-state index is 12.3. The first-order valence-electron chi connectivity index (χ1n) is 10.0. The van der Waals surface area contributed by atoms with Crippen LogP contribution in [-0.2, 0) is 14.3 Å². The highest BCUT2D eigenvalue weighted by Crippen LogP contribution is 2.21. The number of anilines is 2. The maximum atomic E-state index is 12.3. The number of aryl methyl sites for hydroxylation is 1. The minimum absolute atomic E-state index is 0.0643. The predicted octanol–water partition coefficient (Wildman–Crippen LogP) is 4.50. The van der Waals surface area contributed by atoms with Gasteiger partial charge in [-0.25, -0.2) is 4.79 Å². The molecule has 0 radical (unpaired) electrons. The van der Waals surface area contributed by atoms with Crippen LogP contribution in [0.25, 0.3) is 6.08 Å². The van der Waals surface area contributed by atoms with Crippen molar-refractivity contribution in [3.8, 4) is 0 Å². The van der Waals surface area contributed by atoms with Gasteiger partial charge < -0.3 is 20.7 Å². The van der Waals surface area contributed by atoms with Crippen LogP contribution in [0, 0.1) is 6.92 Å². The second-order valence-electron chi connectivity index (χ2n) is 8.01. The van der Waals surface area contributed by atoms with Crippen LogP contribution in [0.2, 0.25) is 0 Å². The summed E-state index contributed by atoms with van der Waals surface area (Å²) in [5, 5.41) is 8.06. The van der Waals surface area contributed by atoms with E-state index < -0.39 is 11.7 Å². The Morgan fingerprint density at radius 1 is 0.968 bits per heavy atom. The van der Waals surface area contributed by atoms with Gasteiger partial charge in [0, 0.05) is 19.0 Å². The van der Waals surface area contributed by atoms with Crippen molar-refractivity contribution in [1.82, 2.24) is 5.32 Å². The molecular weight excluding hydrogens is 394 g/mol. The Bertz CT molecular complexity index is 961. The lowest BCUT2D eigenvalue weighted by Gasteiger charge is -2.19. The van der Waals surface area contributed by atoms with Crippen LogP contribution in [-0.4, -0.2) is 30.1 Å². The molecule has 2 rings (SSSR count). The third-order valence-electron chi connectivity index (χ3n) is 3.95. The molecule has 0 aliphatic carbocycles. The molecule has 3 amide bonds. The van der Waals surface area contributed by atoms with E-state index >= 15 is 0 Å². The van der Waals surface area contributed by atoms with Crippen molar-refractivity contribution in [2.75, 3.05) is 17.2 Å². The fourth-order valence-corrected chi connectivity index (χ4v) is 2.63. The summed E-state index contributed by atoms with van der Waals surface area (Å²) in [5.41, 5.74) is 2.39. The zero-order valence-corrected chi connectivity index (χ0v) is 18.3. The molecule has 0 saturated carbocycles. The lowest BCUT2D eigenvalue weighted by molar-refractivity contribution is -0.116. The molecule has 0 aliphatic rings. The SMILES string of the molecule is Cc1cccc(/C=C/C(=O)Nc2ccccc2NC(=O)CCNC(=O)OC(C)(C)C)c1. The molecule has 0 fully saturated rings. The number of rotatable bonds is 7. The number of para-hydroxylation sites is 2. The minimum atomic E-state index is -0.600. The summed E-state index contributed by atoms with van der Waals surface area (Å²) in [4.78, 5) is 36.2. The van der Waals surface area contributed by atoms with Crippen molar-refractivity contribution >= 4 is 35.4 Å². The number of ether oxygens (including phenoxy) is 1. The summed E-state index contributed by atoms with van der Waals surface area (Å²) in [6.07, 6.45) is 2.66. The maximum Gasteiger partial charge on any atom is 0.407 e. The number of hydrogen-bond donors (Lipinski definition) is 3. The van der Waals surface area contributed by atoms with E-state index in [1.807, 2.05) is 31.2 Å².